The lowest BCUT2D eigenvalue weighted by Crippen LogP contribution is -2.48. The van der Waals surface area contributed by atoms with Crippen LogP contribution in [0.4, 0.5) is 8.78 Å². The van der Waals surface area contributed by atoms with Crippen molar-refractivity contribution in [3.8, 4) is 5.75 Å². The van der Waals surface area contributed by atoms with Crippen LogP contribution in [-0.4, -0.2) is 43.1 Å². The summed E-state index contributed by atoms with van der Waals surface area (Å²) in [5.41, 5.74) is 0.518. The van der Waals surface area contributed by atoms with E-state index in [1.807, 2.05) is 4.90 Å². The topological polar surface area (TPSA) is 41.6 Å². The van der Waals surface area contributed by atoms with Crippen molar-refractivity contribution in [1.82, 2.24) is 10.2 Å². The Kier molecular flexibility index (Phi) is 4.05. The number of fused-ring (bicyclic) bond motifs is 1. The molecule has 3 rings (SSSR count). The highest BCUT2D eigenvalue weighted by Gasteiger charge is 2.37. The average Bonchev–Trinajstić information content (AvgIpc) is 2.95. The molecule has 0 aliphatic carbocycles. The van der Waals surface area contributed by atoms with Gasteiger partial charge in [0.25, 0.3) is 5.91 Å². The van der Waals surface area contributed by atoms with Crippen molar-refractivity contribution < 1.29 is 18.3 Å². The van der Waals surface area contributed by atoms with Crippen LogP contribution in [0.3, 0.4) is 0 Å². The van der Waals surface area contributed by atoms with Crippen molar-refractivity contribution in [2.75, 3.05) is 19.6 Å². The molecule has 21 heavy (non-hydrogen) atoms. The summed E-state index contributed by atoms with van der Waals surface area (Å²) in [5.74, 6) is 0.571. The number of ether oxygens (including phenoxy) is 1. The van der Waals surface area contributed by atoms with Gasteiger partial charge in [-0.3, -0.25) is 4.79 Å². The van der Waals surface area contributed by atoms with Crippen LogP contribution < -0.4 is 10.1 Å². The molecule has 2 fully saturated rings. The van der Waals surface area contributed by atoms with Crippen LogP contribution in [-0.2, 0) is 0 Å². The number of piperidine rings is 1. The van der Waals surface area contributed by atoms with Crippen LogP contribution in [0.15, 0.2) is 24.3 Å². The van der Waals surface area contributed by atoms with E-state index in [1.165, 1.54) is 12.1 Å². The molecule has 1 aromatic carbocycles. The molecule has 1 aromatic rings. The lowest BCUT2D eigenvalue weighted by Gasteiger charge is -2.37. The standard InChI is InChI=1S/C15H18F2N2O2/c16-15(17)21-12-5-3-10(4-6-12)14(20)19-7-1-2-11-8-18-9-13(11)19/h3-6,11,13,15,18H,1-2,7-9H2. The second-order valence-electron chi connectivity index (χ2n) is 5.53. The van der Waals surface area contributed by atoms with Gasteiger partial charge in [0.2, 0.25) is 0 Å². The summed E-state index contributed by atoms with van der Waals surface area (Å²) in [6.45, 7) is -0.283. The first-order valence-corrected chi connectivity index (χ1v) is 7.21. The zero-order valence-electron chi connectivity index (χ0n) is 11.6. The van der Waals surface area contributed by atoms with Crippen LogP contribution in [0.1, 0.15) is 23.2 Å². The van der Waals surface area contributed by atoms with Crippen molar-refractivity contribution in [2.24, 2.45) is 5.92 Å². The number of hydrogen-bond acceptors (Lipinski definition) is 3. The van der Waals surface area contributed by atoms with Gasteiger partial charge in [-0.1, -0.05) is 0 Å². The molecule has 2 aliphatic heterocycles. The quantitative estimate of drug-likeness (QED) is 0.929. The summed E-state index contributed by atoms with van der Waals surface area (Å²) in [7, 11) is 0. The highest BCUT2D eigenvalue weighted by Crippen LogP contribution is 2.28. The van der Waals surface area contributed by atoms with E-state index in [0.29, 0.717) is 11.5 Å². The lowest BCUT2D eigenvalue weighted by atomic mass is 9.91. The fourth-order valence-corrected chi connectivity index (χ4v) is 3.27. The predicted molar refractivity (Wildman–Crippen MR) is 73.5 cm³/mol. The Morgan fingerprint density at radius 2 is 2.05 bits per heavy atom. The second-order valence-corrected chi connectivity index (χ2v) is 5.53. The number of nitrogens with one attached hydrogen (secondary N) is 1. The van der Waals surface area contributed by atoms with Gasteiger partial charge >= 0.3 is 6.61 Å². The van der Waals surface area contributed by atoms with Gasteiger partial charge in [-0.2, -0.15) is 8.78 Å². The third-order valence-electron chi connectivity index (χ3n) is 4.27. The monoisotopic (exact) mass is 296 g/mol. The van der Waals surface area contributed by atoms with Gasteiger partial charge in [0, 0.05) is 31.2 Å². The van der Waals surface area contributed by atoms with Crippen LogP contribution in [0.2, 0.25) is 0 Å². The molecule has 1 N–H and O–H groups in total. The van der Waals surface area contributed by atoms with E-state index in [1.54, 1.807) is 12.1 Å². The fraction of sp³-hybridized carbons (Fsp3) is 0.533. The minimum Gasteiger partial charge on any atom is -0.435 e. The van der Waals surface area contributed by atoms with E-state index < -0.39 is 6.61 Å². The first-order chi connectivity index (χ1) is 10.1. The number of carbonyl (C=O) groups excluding carboxylic acids is 1. The summed E-state index contributed by atoms with van der Waals surface area (Å²) < 4.78 is 28.5. The number of amides is 1. The van der Waals surface area contributed by atoms with E-state index in [2.05, 4.69) is 10.1 Å². The van der Waals surface area contributed by atoms with Gasteiger partial charge in [0.05, 0.1) is 0 Å². The van der Waals surface area contributed by atoms with E-state index in [-0.39, 0.29) is 17.7 Å². The average molecular weight is 296 g/mol. The number of benzene rings is 1. The van der Waals surface area contributed by atoms with E-state index in [9.17, 15) is 13.6 Å². The van der Waals surface area contributed by atoms with Gasteiger partial charge in [-0.15, -0.1) is 0 Å². The molecule has 2 heterocycles. The minimum atomic E-state index is -2.85. The SMILES string of the molecule is O=C(c1ccc(OC(F)F)cc1)N1CCCC2CNCC21. The molecule has 0 spiro atoms. The Bertz CT molecular complexity index is 507. The fourth-order valence-electron chi connectivity index (χ4n) is 3.27. The van der Waals surface area contributed by atoms with Crippen LogP contribution >= 0.6 is 0 Å². The van der Waals surface area contributed by atoms with Gasteiger partial charge in [0.15, 0.2) is 0 Å². The molecule has 6 heteroatoms. The third kappa shape index (κ3) is 3.00. The Morgan fingerprint density at radius 3 is 2.76 bits per heavy atom. The number of halogens is 2. The van der Waals surface area contributed by atoms with Crippen molar-refractivity contribution in [1.29, 1.82) is 0 Å². The molecule has 0 radical (unpaired) electrons. The maximum Gasteiger partial charge on any atom is 0.387 e. The molecule has 1 amide bonds. The minimum absolute atomic E-state index is 0.0306. The van der Waals surface area contributed by atoms with Gasteiger partial charge < -0.3 is 15.0 Å². The number of rotatable bonds is 3. The Hall–Kier alpha value is -1.69. The summed E-state index contributed by atoms with van der Waals surface area (Å²) >= 11 is 0. The number of likely N-dealkylation sites (tertiary alicyclic amines) is 1. The summed E-state index contributed by atoms with van der Waals surface area (Å²) in [6, 6.07) is 6.17. The molecule has 2 unspecified atom stereocenters. The van der Waals surface area contributed by atoms with E-state index in [4.69, 9.17) is 0 Å². The number of alkyl halides is 2. The van der Waals surface area contributed by atoms with E-state index >= 15 is 0 Å². The van der Waals surface area contributed by atoms with Crippen LogP contribution in [0.25, 0.3) is 0 Å². The maximum atomic E-state index is 12.6. The molecular formula is C15H18F2N2O2. The van der Waals surface area contributed by atoms with Crippen LogP contribution in [0.5, 0.6) is 5.75 Å². The molecule has 0 saturated carbocycles. The predicted octanol–water partition coefficient (Wildman–Crippen LogP) is 2.11. The Morgan fingerprint density at radius 1 is 1.29 bits per heavy atom. The van der Waals surface area contributed by atoms with Crippen molar-refractivity contribution in [2.45, 2.75) is 25.5 Å². The lowest BCUT2D eigenvalue weighted by molar-refractivity contribution is -0.0498. The Balaban J connectivity index is 1.72. The summed E-state index contributed by atoms with van der Waals surface area (Å²) in [6.07, 6.45) is 2.17. The van der Waals surface area contributed by atoms with Gasteiger partial charge in [-0.05, 0) is 43.0 Å². The number of hydrogen-bond donors (Lipinski definition) is 1. The molecule has 2 saturated heterocycles. The van der Waals surface area contributed by atoms with Gasteiger partial charge in [0.1, 0.15) is 5.75 Å². The third-order valence-corrected chi connectivity index (χ3v) is 4.27. The first-order valence-electron chi connectivity index (χ1n) is 7.21. The smallest absolute Gasteiger partial charge is 0.387 e. The van der Waals surface area contributed by atoms with Gasteiger partial charge in [-0.25, -0.2) is 0 Å². The molecular weight excluding hydrogens is 278 g/mol. The number of nitrogens with zero attached hydrogens (tertiary/aromatic N) is 1. The molecule has 0 bridgehead atoms. The van der Waals surface area contributed by atoms with Crippen LogP contribution in [0, 0.1) is 5.92 Å². The summed E-state index contributed by atoms with van der Waals surface area (Å²) in [5, 5.41) is 3.33. The zero-order chi connectivity index (χ0) is 14.8. The largest absolute Gasteiger partial charge is 0.435 e. The van der Waals surface area contributed by atoms with Crippen molar-refractivity contribution in [3.63, 3.8) is 0 Å². The number of carbonyl (C=O) groups is 1. The highest BCUT2D eigenvalue weighted by atomic mass is 19.3. The van der Waals surface area contributed by atoms with Crippen molar-refractivity contribution >= 4 is 5.91 Å². The first kappa shape index (κ1) is 14.3. The second kappa shape index (κ2) is 5.97. The van der Waals surface area contributed by atoms with E-state index in [0.717, 1.165) is 32.5 Å². The molecule has 2 atom stereocenters. The maximum absolute atomic E-state index is 12.6. The highest BCUT2D eigenvalue weighted by molar-refractivity contribution is 5.94. The molecule has 0 aromatic heterocycles. The summed E-state index contributed by atoms with van der Waals surface area (Å²) in [4.78, 5) is 14.5. The zero-order valence-corrected chi connectivity index (χ0v) is 11.6. The normalized spacial score (nSPS) is 25.0. The molecule has 4 nitrogen and oxygen atoms in total. The molecule has 114 valence electrons. The Labute approximate surface area is 122 Å². The molecule has 2 aliphatic rings. The van der Waals surface area contributed by atoms with Crippen molar-refractivity contribution in [3.05, 3.63) is 29.8 Å².